The molecule has 0 spiro atoms. The highest BCUT2D eigenvalue weighted by Crippen LogP contribution is 2.26. The van der Waals surface area contributed by atoms with Crippen LogP contribution < -0.4 is 10.6 Å². The van der Waals surface area contributed by atoms with Gasteiger partial charge in [-0.15, -0.1) is 0 Å². The normalized spacial score (nSPS) is 13.2. The third-order valence-corrected chi connectivity index (χ3v) is 5.25. The number of carbonyl (C=O) groups is 3. The van der Waals surface area contributed by atoms with Crippen LogP contribution in [0.15, 0.2) is 24.3 Å². The Morgan fingerprint density at radius 1 is 1.12 bits per heavy atom. The van der Waals surface area contributed by atoms with Crippen molar-refractivity contribution in [3.05, 3.63) is 29.8 Å². The van der Waals surface area contributed by atoms with Gasteiger partial charge < -0.3 is 25.4 Å². The highest BCUT2D eigenvalue weighted by molar-refractivity contribution is 7.80. The molecule has 0 aromatic heterocycles. The van der Waals surface area contributed by atoms with E-state index in [0.29, 0.717) is 18.5 Å². The number of hydrogen-bond acceptors (Lipinski definition) is 6. The van der Waals surface area contributed by atoms with Crippen molar-refractivity contribution >= 4 is 30.5 Å². The third kappa shape index (κ3) is 10.2. The van der Waals surface area contributed by atoms with Crippen molar-refractivity contribution in [2.45, 2.75) is 91.0 Å². The summed E-state index contributed by atoms with van der Waals surface area (Å²) in [4.78, 5) is 40.8. The number of nitrogens with one attached hydrogen (secondary N) is 2. The number of phenolic OH excluding ortho intramolecular Hbond substituents is 1. The molecular weight excluding hydrogens is 454 g/mol. The Morgan fingerprint density at radius 3 is 2.32 bits per heavy atom. The molecule has 1 rings (SSSR count). The maximum Gasteiger partial charge on any atom is 0.408 e. The Labute approximate surface area is 209 Å². The van der Waals surface area contributed by atoms with E-state index in [4.69, 9.17) is 4.74 Å². The minimum Gasteiger partial charge on any atom is -0.508 e. The van der Waals surface area contributed by atoms with Crippen LogP contribution in [-0.2, 0) is 14.3 Å². The molecule has 1 aromatic carbocycles. The van der Waals surface area contributed by atoms with Crippen LogP contribution in [0.25, 0.3) is 0 Å². The zero-order valence-electron chi connectivity index (χ0n) is 21.3. The summed E-state index contributed by atoms with van der Waals surface area (Å²) in [7, 11) is 0. The van der Waals surface area contributed by atoms with Gasteiger partial charge in [0.2, 0.25) is 11.8 Å². The van der Waals surface area contributed by atoms with E-state index >= 15 is 0 Å². The minimum absolute atomic E-state index is 0.00384. The quantitative estimate of drug-likeness (QED) is 0.257. The van der Waals surface area contributed by atoms with Gasteiger partial charge in [0, 0.05) is 18.3 Å². The first-order chi connectivity index (χ1) is 15.9. The molecular formula is C25H41N3O5S. The van der Waals surface area contributed by atoms with Gasteiger partial charge in [-0.05, 0) is 58.7 Å². The maximum atomic E-state index is 13.7. The molecule has 1 aromatic rings. The second-order valence-corrected chi connectivity index (χ2v) is 10.00. The summed E-state index contributed by atoms with van der Waals surface area (Å²) < 4.78 is 5.31. The molecule has 0 aliphatic heterocycles. The minimum atomic E-state index is -0.990. The summed E-state index contributed by atoms with van der Waals surface area (Å²) in [5, 5.41) is 15.5. The van der Waals surface area contributed by atoms with Gasteiger partial charge in [0.1, 0.15) is 23.4 Å². The van der Waals surface area contributed by atoms with Gasteiger partial charge in [-0.25, -0.2) is 4.79 Å². The third-order valence-electron chi connectivity index (χ3n) is 4.88. The average molecular weight is 496 g/mol. The lowest BCUT2D eigenvalue weighted by Gasteiger charge is -2.34. The molecule has 34 heavy (non-hydrogen) atoms. The summed E-state index contributed by atoms with van der Waals surface area (Å²) in [6, 6.07) is 4.21. The van der Waals surface area contributed by atoms with Gasteiger partial charge in [0.15, 0.2) is 0 Å². The number of ether oxygens (including phenoxy) is 1. The van der Waals surface area contributed by atoms with Crippen molar-refractivity contribution in [2.24, 2.45) is 0 Å². The first-order valence-electron chi connectivity index (χ1n) is 11.9. The molecule has 192 valence electrons. The van der Waals surface area contributed by atoms with Crippen LogP contribution in [0.3, 0.4) is 0 Å². The molecule has 2 atom stereocenters. The molecule has 3 N–H and O–H groups in total. The lowest BCUT2D eigenvalue weighted by molar-refractivity contribution is -0.142. The maximum absolute atomic E-state index is 13.7. The molecule has 3 amide bonds. The Hall–Kier alpha value is -2.42. The second-order valence-electron chi connectivity index (χ2n) is 9.63. The number of rotatable bonds is 12. The van der Waals surface area contributed by atoms with Gasteiger partial charge in [-0.2, -0.15) is 12.6 Å². The standard InChI is InChI=1S/C25H41N3O5S/c1-7-8-9-10-14-28(23(31)20(16-34)27-24(32)33-25(4,5)6)21(22(30)26-17(2)3)18-12-11-13-19(29)15-18/h11-13,15,17,20-21,29,34H,7-10,14,16H2,1-6H3,(H,26,30)(H,27,32). The number of thiol groups is 1. The highest BCUT2D eigenvalue weighted by atomic mass is 32.1. The second kappa shape index (κ2) is 14.1. The van der Waals surface area contributed by atoms with E-state index in [9.17, 15) is 19.5 Å². The van der Waals surface area contributed by atoms with E-state index in [0.717, 1.165) is 19.3 Å². The Bertz CT molecular complexity index is 810. The van der Waals surface area contributed by atoms with Crippen molar-refractivity contribution in [3.8, 4) is 5.75 Å². The first-order valence-corrected chi connectivity index (χ1v) is 12.5. The van der Waals surface area contributed by atoms with Crippen molar-refractivity contribution < 1.29 is 24.2 Å². The Kier molecular flexibility index (Phi) is 12.3. The predicted molar refractivity (Wildman–Crippen MR) is 137 cm³/mol. The monoisotopic (exact) mass is 495 g/mol. The summed E-state index contributed by atoms with van der Waals surface area (Å²) in [5.41, 5.74) is -0.243. The molecule has 0 saturated carbocycles. The van der Waals surface area contributed by atoms with Crippen molar-refractivity contribution in [2.75, 3.05) is 12.3 Å². The number of carbonyl (C=O) groups excluding carboxylic acids is 3. The van der Waals surface area contributed by atoms with Gasteiger partial charge in [0.05, 0.1) is 0 Å². The Morgan fingerprint density at radius 2 is 1.79 bits per heavy atom. The molecule has 0 aliphatic rings. The number of amides is 3. The molecule has 0 heterocycles. The molecule has 0 aliphatic carbocycles. The van der Waals surface area contributed by atoms with Crippen LogP contribution in [0.4, 0.5) is 4.79 Å². The predicted octanol–water partition coefficient (Wildman–Crippen LogP) is 4.19. The van der Waals surface area contributed by atoms with E-state index in [1.54, 1.807) is 32.9 Å². The molecule has 0 fully saturated rings. The summed E-state index contributed by atoms with van der Waals surface area (Å²) >= 11 is 4.28. The fourth-order valence-electron chi connectivity index (χ4n) is 3.44. The molecule has 0 radical (unpaired) electrons. The van der Waals surface area contributed by atoms with Gasteiger partial charge >= 0.3 is 6.09 Å². The molecule has 2 unspecified atom stereocenters. The van der Waals surface area contributed by atoms with Crippen molar-refractivity contribution in [1.29, 1.82) is 0 Å². The molecule has 9 heteroatoms. The van der Waals surface area contributed by atoms with E-state index in [1.165, 1.54) is 17.0 Å². The number of aromatic hydroxyl groups is 1. The molecule has 0 bridgehead atoms. The van der Waals surface area contributed by atoms with Crippen LogP contribution in [0, 0.1) is 0 Å². The zero-order valence-corrected chi connectivity index (χ0v) is 22.2. The van der Waals surface area contributed by atoms with Crippen molar-refractivity contribution in [1.82, 2.24) is 15.5 Å². The topological polar surface area (TPSA) is 108 Å². The number of benzene rings is 1. The van der Waals surface area contributed by atoms with Crippen molar-refractivity contribution in [3.63, 3.8) is 0 Å². The van der Waals surface area contributed by atoms with E-state index < -0.39 is 29.7 Å². The van der Waals surface area contributed by atoms with E-state index in [1.807, 2.05) is 13.8 Å². The molecule has 0 saturated heterocycles. The van der Waals surface area contributed by atoms with Crippen LogP contribution in [0.1, 0.15) is 78.8 Å². The van der Waals surface area contributed by atoms with E-state index in [-0.39, 0.29) is 23.5 Å². The fourth-order valence-corrected chi connectivity index (χ4v) is 3.69. The number of phenols is 1. The SMILES string of the molecule is CCCCCCN(C(=O)C(CS)NC(=O)OC(C)(C)C)C(C(=O)NC(C)C)c1cccc(O)c1. The molecule has 8 nitrogen and oxygen atoms in total. The zero-order chi connectivity index (χ0) is 25.9. The smallest absolute Gasteiger partial charge is 0.408 e. The van der Waals surface area contributed by atoms with Crippen LogP contribution >= 0.6 is 12.6 Å². The van der Waals surface area contributed by atoms with Crippen LogP contribution in [-0.4, -0.2) is 57.9 Å². The largest absolute Gasteiger partial charge is 0.508 e. The number of unbranched alkanes of at least 4 members (excludes halogenated alkanes) is 3. The average Bonchev–Trinajstić information content (AvgIpc) is 2.71. The highest BCUT2D eigenvalue weighted by Gasteiger charge is 2.36. The fraction of sp³-hybridized carbons (Fsp3) is 0.640. The van der Waals surface area contributed by atoms with Crippen LogP contribution in [0.5, 0.6) is 5.75 Å². The number of hydrogen-bond donors (Lipinski definition) is 4. The summed E-state index contributed by atoms with van der Waals surface area (Å²) in [6.07, 6.45) is 2.88. The number of alkyl carbamates (subject to hydrolysis) is 1. The van der Waals surface area contributed by atoms with Gasteiger partial charge in [0.25, 0.3) is 0 Å². The van der Waals surface area contributed by atoms with Crippen LogP contribution in [0.2, 0.25) is 0 Å². The van der Waals surface area contributed by atoms with Gasteiger partial charge in [-0.1, -0.05) is 38.3 Å². The summed E-state index contributed by atoms with van der Waals surface area (Å²) in [5.74, 6) is -0.776. The first kappa shape index (κ1) is 29.6. The van der Waals surface area contributed by atoms with E-state index in [2.05, 4.69) is 30.2 Å². The number of nitrogens with zero attached hydrogens (tertiary/aromatic N) is 1. The Balaban J connectivity index is 3.35. The summed E-state index contributed by atoms with van der Waals surface area (Å²) in [6.45, 7) is 11.3. The lowest BCUT2D eigenvalue weighted by atomic mass is 10.0. The van der Waals surface area contributed by atoms with Gasteiger partial charge in [-0.3, -0.25) is 9.59 Å². The lowest BCUT2D eigenvalue weighted by Crippen LogP contribution is -2.54.